The van der Waals surface area contributed by atoms with Gasteiger partial charge in [-0.1, -0.05) is 19.3 Å². The monoisotopic (exact) mass is 320 g/mol. The Kier molecular flexibility index (Phi) is 4.10. The van der Waals surface area contributed by atoms with E-state index in [4.69, 9.17) is 4.98 Å². The second-order valence-electron chi connectivity index (χ2n) is 7.17. The molecule has 4 nitrogen and oxygen atoms in total. The van der Waals surface area contributed by atoms with E-state index in [0.717, 1.165) is 35.4 Å². The first kappa shape index (κ1) is 15.4. The molecule has 0 saturated heterocycles. The van der Waals surface area contributed by atoms with E-state index >= 15 is 0 Å². The van der Waals surface area contributed by atoms with Crippen LogP contribution < -0.4 is 0 Å². The second kappa shape index (κ2) is 6.39. The zero-order valence-corrected chi connectivity index (χ0v) is 14.4. The molecular weight excluding hydrogens is 296 g/mol. The molecule has 124 valence electrons. The first-order chi connectivity index (χ1) is 11.8. The summed E-state index contributed by atoms with van der Waals surface area (Å²) in [7, 11) is 1.97. The summed E-state index contributed by atoms with van der Waals surface area (Å²) in [5.41, 5.74) is 6.59. The van der Waals surface area contributed by atoms with Crippen LogP contribution in [-0.4, -0.2) is 14.8 Å². The van der Waals surface area contributed by atoms with Gasteiger partial charge in [0.25, 0.3) is 0 Å². The third-order valence-electron chi connectivity index (χ3n) is 5.68. The standard InChI is InChI=1S/C20H24N4/c1-24-18(11-12-22-24)19-15-9-3-2-4-10-17(15)23-20(16(19)13-21)14-7-5-6-8-14/h11-12,14H,2-10H2,1H3. The molecule has 4 heteroatoms. The summed E-state index contributed by atoms with van der Waals surface area (Å²) in [5, 5.41) is 14.4. The fourth-order valence-electron chi connectivity index (χ4n) is 4.45. The number of rotatable bonds is 2. The van der Waals surface area contributed by atoms with Gasteiger partial charge in [0.1, 0.15) is 6.07 Å². The zero-order valence-electron chi connectivity index (χ0n) is 14.4. The van der Waals surface area contributed by atoms with Gasteiger partial charge in [0.2, 0.25) is 0 Å². The van der Waals surface area contributed by atoms with Crippen molar-refractivity contribution >= 4 is 0 Å². The molecule has 0 amide bonds. The summed E-state index contributed by atoms with van der Waals surface area (Å²) >= 11 is 0. The van der Waals surface area contributed by atoms with E-state index in [1.165, 1.54) is 56.2 Å². The topological polar surface area (TPSA) is 54.5 Å². The maximum Gasteiger partial charge on any atom is 0.102 e. The Bertz CT molecular complexity index is 791. The van der Waals surface area contributed by atoms with Crippen molar-refractivity contribution in [2.24, 2.45) is 7.05 Å². The average Bonchev–Trinajstić information content (AvgIpc) is 3.20. The van der Waals surface area contributed by atoms with Gasteiger partial charge in [-0.05, 0) is 50.2 Å². The predicted octanol–water partition coefficient (Wildman–Crippen LogP) is 4.28. The third kappa shape index (κ3) is 2.53. The van der Waals surface area contributed by atoms with Gasteiger partial charge >= 0.3 is 0 Å². The van der Waals surface area contributed by atoms with Crippen LogP contribution in [-0.2, 0) is 19.9 Å². The minimum absolute atomic E-state index is 0.459. The van der Waals surface area contributed by atoms with Crippen molar-refractivity contribution < 1.29 is 0 Å². The van der Waals surface area contributed by atoms with Crippen LogP contribution in [0.2, 0.25) is 0 Å². The number of aromatic nitrogens is 3. The largest absolute Gasteiger partial charge is 0.268 e. The lowest BCUT2D eigenvalue weighted by Crippen LogP contribution is -2.11. The minimum Gasteiger partial charge on any atom is -0.268 e. The number of nitriles is 1. The summed E-state index contributed by atoms with van der Waals surface area (Å²) in [6.45, 7) is 0. The first-order valence-corrected chi connectivity index (χ1v) is 9.23. The number of hydrogen-bond donors (Lipinski definition) is 0. The van der Waals surface area contributed by atoms with Crippen LogP contribution in [0.5, 0.6) is 0 Å². The Balaban J connectivity index is 1.99. The van der Waals surface area contributed by atoms with Gasteiger partial charge < -0.3 is 0 Å². The Morgan fingerprint density at radius 3 is 2.62 bits per heavy atom. The van der Waals surface area contributed by atoms with E-state index in [9.17, 15) is 5.26 Å². The van der Waals surface area contributed by atoms with Gasteiger partial charge in [0.15, 0.2) is 0 Å². The SMILES string of the molecule is Cn1nccc1-c1c(C#N)c(C2CCCC2)nc2c1CCCCC2. The minimum atomic E-state index is 0.459. The maximum atomic E-state index is 10.0. The highest BCUT2D eigenvalue weighted by molar-refractivity contribution is 5.74. The van der Waals surface area contributed by atoms with Crippen molar-refractivity contribution in [3.8, 4) is 17.3 Å². The Morgan fingerprint density at radius 2 is 1.92 bits per heavy atom. The molecule has 24 heavy (non-hydrogen) atoms. The number of nitrogens with zero attached hydrogens (tertiary/aromatic N) is 4. The fraction of sp³-hybridized carbons (Fsp3) is 0.550. The molecule has 1 fully saturated rings. The van der Waals surface area contributed by atoms with Crippen LogP contribution in [0, 0.1) is 11.3 Å². The summed E-state index contributed by atoms with van der Waals surface area (Å²) in [4.78, 5) is 5.07. The fourth-order valence-corrected chi connectivity index (χ4v) is 4.45. The van der Waals surface area contributed by atoms with Crippen LogP contribution >= 0.6 is 0 Å². The predicted molar refractivity (Wildman–Crippen MR) is 93.6 cm³/mol. The van der Waals surface area contributed by atoms with Gasteiger partial charge in [0.05, 0.1) is 17.0 Å². The van der Waals surface area contributed by atoms with E-state index in [1.54, 1.807) is 0 Å². The molecule has 2 aromatic heterocycles. The lowest BCUT2D eigenvalue weighted by atomic mass is 9.89. The lowest BCUT2D eigenvalue weighted by molar-refractivity contribution is 0.681. The molecule has 0 radical (unpaired) electrons. The molecule has 2 heterocycles. The van der Waals surface area contributed by atoms with Gasteiger partial charge in [-0.25, -0.2) is 0 Å². The summed E-state index contributed by atoms with van der Waals surface area (Å²) in [5.74, 6) is 0.459. The van der Waals surface area contributed by atoms with Crippen molar-refractivity contribution in [1.29, 1.82) is 5.26 Å². The molecule has 0 spiro atoms. The third-order valence-corrected chi connectivity index (χ3v) is 5.68. The van der Waals surface area contributed by atoms with Crippen LogP contribution in [0.4, 0.5) is 0 Å². The van der Waals surface area contributed by atoms with Gasteiger partial charge in [-0.15, -0.1) is 0 Å². The highest BCUT2D eigenvalue weighted by Crippen LogP contribution is 2.40. The van der Waals surface area contributed by atoms with Crippen LogP contribution in [0.1, 0.15) is 73.4 Å². The first-order valence-electron chi connectivity index (χ1n) is 9.23. The highest BCUT2D eigenvalue weighted by atomic mass is 15.3. The smallest absolute Gasteiger partial charge is 0.102 e. The molecule has 2 aromatic rings. The van der Waals surface area contributed by atoms with E-state index in [1.807, 2.05) is 24.0 Å². The van der Waals surface area contributed by atoms with Crippen molar-refractivity contribution in [3.63, 3.8) is 0 Å². The van der Waals surface area contributed by atoms with Crippen molar-refractivity contribution in [2.75, 3.05) is 0 Å². The van der Waals surface area contributed by atoms with E-state index in [-0.39, 0.29) is 0 Å². The molecule has 0 bridgehead atoms. The quantitative estimate of drug-likeness (QED) is 0.776. The van der Waals surface area contributed by atoms with E-state index in [0.29, 0.717) is 5.92 Å². The summed E-state index contributed by atoms with van der Waals surface area (Å²) in [6.07, 6.45) is 12.4. The van der Waals surface area contributed by atoms with Crippen LogP contribution in [0.15, 0.2) is 12.3 Å². The Hall–Kier alpha value is -2.15. The van der Waals surface area contributed by atoms with Gasteiger partial charge in [0, 0.05) is 30.4 Å². The van der Waals surface area contributed by atoms with Gasteiger partial charge in [-0.3, -0.25) is 9.67 Å². The van der Waals surface area contributed by atoms with Crippen LogP contribution in [0.3, 0.4) is 0 Å². The molecule has 0 aromatic carbocycles. The van der Waals surface area contributed by atoms with E-state index < -0.39 is 0 Å². The molecule has 0 aliphatic heterocycles. The molecule has 2 aliphatic rings. The summed E-state index contributed by atoms with van der Waals surface area (Å²) in [6, 6.07) is 4.56. The molecular formula is C20H24N4. The van der Waals surface area contributed by atoms with Crippen molar-refractivity contribution in [3.05, 3.63) is 34.8 Å². The molecule has 0 unspecified atom stereocenters. The number of fused-ring (bicyclic) bond motifs is 1. The second-order valence-corrected chi connectivity index (χ2v) is 7.17. The molecule has 1 saturated carbocycles. The zero-order chi connectivity index (χ0) is 16.5. The lowest BCUT2D eigenvalue weighted by Gasteiger charge is -2.20. The maximum absolute atomic E-state index is 10.0. The molecule has 0 atom stereocenters. The average molecular weight is 320 g/mol. The highest BCUT2D eigenvalue weighted by Gasteiger charge is 2.28. The van der Waals surface area contributed by atoms with Crippen molar-refractivity contribution in [1.82, 2.24) is 14.8 Å². The molecule has 2 aliphatic carbocycles. The Labute approximate surface area is 143 Å². The normalized spacial score (nSPS) is 18.2. The summed E-state index contributed by atoms with van der Waals surface area (Å²) < 4.78 is 1.90. The number of hydrogen-bond acceptors (Lipinski definition) is 3. The van der Waals surface area contributed by atoms with E-state index in [2.05, 4.69) is 11.2 Å². The van der Waals surface area contributed by atoms with Crippen LogP contribution in [0.25, 0.3) is 11.3 Å². The number of pyridine rings is 1. The Morgan fingerprint density at radius 1 is 1.12 bits per heavy atom. The van der Waals surface area contributed by atoms with Gasteiger partial charge in [-0.2, -0.15) is 10.4 Å². The molecule has 4 rings (SSSR count). The van der Waals surface area contributed by atoms with Crippen molar-refractivity contribution in [2.45, 2.75) is 63.7 Å². The number of aryl methyl sites for hydroxylation is 2. The molecule has 0 N–H and O–H groups in total.